The SMILES string of the molecule is COCc1cc(OC)cc(OC)c1C(CC(=O)O)C1CC1. The molecule has 1 aromatic rings. The summed E-state index contributed by atoms with van der Waals surface area (Å²) < 4.78 is 16.0. The van der Waals surface area contributed by atoms with Crippen LogP contribution in [0.25, 0.3) is 0 Å². The molecule has 1 aromatic carbocycles. The van der Waals surface area contributed by atoms with Crippen LogP contribution >= 0.6 is 0 Å². The zero-order chi connectivity index (χ0) is 15.4. The van der Waals surface area contributed by atoms with Crippen LogP contribution in [-0.2, 0) is 16.1 Å². The molecule has 1 N–H and O–H groups in total. The molecule has 1 saturated carbocycles. The Morgan fingerprint density at radius 2 is 2.00 bits per heavy atom. The van der Waals surface area contributed by atoms with Gasteiger partial charge >= 0.3 is 5.97 Å². The molecular formula is C16H22O5. The fourth-order valence-electron chi connectivity index (χ4n) is 2.83. The molecular weight excluding hydrogens is 272 g/mol. The summed E-state index contributed by atoms with van der Waals surface area (Å²) in [4.78, 5) is 11.2. The summed E-state index contributed by atoms with van der Waals surface area (Å²) in [6.45, 7) is 0.408. The van der Waals surface area contributed by atoms with Crippen molar-refractivity contribution in [2.75, 3.05) is 21.3 Å². The first-order valence-electron chi connectivity index (χ1n) is 7.06. The van der Waals surface area contributed by atoms with E-state index in [9.17, 15) is 9.90 Å². The summed E-state index contributed by atoms with van der Waals surface area (Å²) in [5, 5.41) is 9.21. The number of hydrogen-bond donors (Lipinski definition) is 1. The van der Waals surface area contributed by atoms with Gasteiger partial charge in [0.2, 0.25) is 0 Å². The van der Waals surface area contributed by atoms with E-state index in [1.165, 1.54) is 0 Å². The molecule has 1 aliphatic rings. The number of methoxy groups -OCH3 is 3. The molecule has 2 rings (SSSR count). The van der Waals surface area contributed by atoms with Gasteiger partial charge in [-0.25, -0.2) is 0 Å². The number of ether oxygens (including phenoxy) is 3. The number of carboxylic acids is 1. The van der Waals surface area contributed by atoms with Crippen LogP contribution < -0.4 is 9.47 Å². The van der Waals surface area contributed by atoms with Gasteiger partial charge in [0, 0.05) is 24.7 Å². The first kappa shape index (κ1) is 15.6. The smallest absolute Gasteiger partial charge is 0.303 e. The number of carbonyl (C=O) groups is 1. The largest absolute Gasteiger partial charge is 0.497 e. The Morgan fingerprint density at radius 3 is 2.48 bits per heavy atom. The van der Waals surface area contributed by atoms with Crippen molar-refractivity contribution >= 4 is 5.97 Å². The van der Waals surface area contributed by atoms with E-state index in [0.717, 1.165) is 24.0 Å². The molecule has 5 heteroatoms. The van der Waals surface area contributed by atoms with Gasteiger partial charge in [-0.05, 0) is 30.4 Å². The van der Waals surface area contributed by atoms with Gasteiger partial charge in [0.1, 0.15) is 11.5 Å². The highest BCUT2D eigenvalue weighted by atomic mass is 16.5. The molecule has 1 unspecified atom stereocenters. The Hall–Kier alpha value is -1.75. The van der Waals surface area contributed by atoms with Gasteiger partial charge in [0.05, 0.1) is 27.2 Å². The molecule has 0 aliphatic heterocycles. The summed E-state index contributed by atoms with van der Waals surface area (Å²) in [6, 6.07) is 3.71. The molecule has 1 atom stereocenters. The van der Waals surface area contributed by atoms with Crippen molar-refractivity contribution in [1.29, 1.82) is 0 Å². The average Bonchev–Trinajstić information content (AvgIpc) is 3.29. The number of carboxylic acid groups (broad SMARTS) is 1. The molecule has 0 spiro atoms. The predicted molar refractivity (Wildman–Crippen MR) is 78.0 cm³/mol. The second-order valence-corrected chi connectivity index (χ2v) is 5.38. The van der Waals surface area contributed by atoms with Gasteiger partial charge in [-0.1, -0.05) is 0 Å². The summed E-state index contributed by atoms with van der Waals surface area (Å²) in [6.07, 6.45) is 2.25. The van der Waals surface area contributed by atoms with E-state index in [0.29, 0.717) is 24.0 Å². The van der Waals surface area contributed by atoms with Crippen molar-refractivity contribution in [3.8, 4) is 11.5 Å². The average molecular weight is 294 g/mol. The van der Waals surface area contributed by atoms with Crippen molar-refractivity contribution in [2.24, 2.45) is 5.92 Å². The molecule has 5 nitrogen and oxygen atoms in total. The lowest BCUT2D eigenvalue weighted by Crippen LogP contribution is -2.13. The molecule has 0 saturated heterocycles. The van der Waals surface area contributed by atoms with Gasteiger partial charge in [-0.15, -0.1) is 0 Å². The zero-order valence-corrected chi connectivity index (χ0v) is 12.7. The Morgan fingerprint density at radius 1 is 1.29 bits per heavy atom. The van der Waals surface area contributed by atoms with E-state index in [2.05, 4.69) is 0 Å². The maximum atomic E-state index is 11.2. The van der Waals surface area contributed by atoms with Gasteiger partial charge < -0.3 is 19.3 Å². The standard InChI is InChI=1S/C16H22O5/c1-19-9-11-6-12(20-2)7-14(21-3)16(11)13(8-15(17)18)10-4-5-10/h6-7,10,13H,4-5,8-9H2,1-3H3,(H,17,18). The number of benzene rings is 1. The van der Waals surface area contributed by atoms with E-state index in [-0.39, 0.29) is 12.3 Å². The molecule has 1 fully saturated rings. The maximum Gasteiger partial charge on any atom is 0.303 e. The molecule has 21 heavy (non-hydrogen) atoms. The highest BCUT2D eigenvalue weighted by Gasteiger charge is 2.36. The van der Waals surface area contributed by atoms with Crippen molar-refractivity contribution in [3.63, 3.8) is 0 Å². The molecule has 0 aromatic heterocycles. The second-order valence-electron chi connectivity index (χ2n) is 5.38. The van der Waals surface area contributed by atoms with Gasteiger partial charge in [0.15, 0.2) is 0 Å². The normalized spacial score (nSPS) is 15.6. The summed E-state index contributed by atoms with van der Waals surface area (Å²) >= 11 is 0. The number of hydrogen-bond acceptors (Lipinski definition) is 4. The fraction of sp³-hybridized carbons (Fsp3) is 0.562. The topological polar surface area (TPSA) is 65.0 Å². The van der Waals surface area contributed by atoms with Crippen LogP contribution in [0.3, 0.4) is 0 Å². The minimum Gasteiger partial charge on any atom is -0.497 e. The third kappa shape index (κ3) is 3.67. The summed E-state index contributed by atoms with van der Waals surface area (Å²) in [5.74, 6) is 0.965. The van der Waals surface area contributed by atoms with Crippen LogP contribution in [0.5, 0.6) is 11.5 Å². The molecule has 0 bridgehead atoms. The Labute approximate surface area is 124 Å². The first-order chi connectivity index (χ1) is 10.1. The molecule has 0 radical (unpaired) electrons. The zero-order valence-electron chi connectivity index (χ0n) is 12.7. The minimum atomic E-state index is -0.784. The fourth-order valence-corrected chi connectivity index (χ4v) is 2.83. The molecule has 0 heterocycles. The Bertz CT molecular complexity index is 508. The third-order valence-electron chi connectivity index (χ3n) is 3.91. The molecule has 0 amide bonds. The van der Waals surface area contributed by atoms with Gasteiger partial charge in [-0.2, -0.15) is 0 Å². The highest BCUT2D eigenvalue weighted by molar-refractivity contribution is 5.69. The summed E-state index contributed by atoms with van der Waals surface area (Å²) in [5.41, 5.74) is 1.89. The van der Waals surface area contributed by atoms with Crippen LogP contribution in [-0.4, -0.2) is 32.4 Å². The first-order valence-corrected chi connectivity index (χ1v) is 7.06. The van der Waals surface area contributed by atoms with Crippen molar-refractivity contribution in [1.82, 2.24) is 0 Å². The Kier molecular flexibility index (Phi) is 5.07. The monoisotopic (exact) mass is 294 g/mol. The van der Waals surface area contributed by atoms with Gasteiger partial charge in [-0.3, -0.25) is 4.79 Å². The summed E-state index contributed by atoms with van der Waals surface area (Å²) in [7, 11) is 4.82. The Balaban J connectivity index is 2.48. The van der Waals surface area contributed by atoms with Crippen LogP contribution in [0.4, 0.5) is 0 Å². The molecule has 116 valence electrons. The van der Waals surface area contributed by atoms with E-state index in [4.69, 9.17) is 14.2 Å². The van der Waals surface area contributed by atoms with Gasteiger partial charge in [0.25, 0.3) is 0 Å². The van der Waals surface area contributed by atoms with Crippen molar-refractivity contribution in [2.45, 2.75) is 31.8 Å². The van der Waals surface area contributed by atoms with Crippen molar-refractivity contribution < 1.29 is 24.1 Å². The van der Waals surface area contributed by atoms with Crippen LogP contribution in [0.1, 0.15) is 36.3 Å². The lowest BCUT2D eigenvalue weighted by molar-refractivity contribution is -0.137. The predicted octanol–water partition coefficient (Wildman–Crippen LogP) is 2.82. The van der Waals surface area contributed by atoms with E-state index in [1.54, 1.807) is 21.3 Å². The van der Waals surface area contributed by atoms with Crippen molar-refractivity contribution in [3.05, 3.63) is 23.3 Å². The number of rotatable bonds is 8. The van der Waals surface area contributed by atoms with Crippen LogP contribution in [0.15, 0.2) is 12.1 Å². The van der Waals surface area contributed by atoms with E-state index in [1.807, 2.05) is 12.1 Å². The molecule has 1 aliphatic carbocycles. The highest BCUT2D eigenvalue weighted by Crippen LogP contribution is 2.49. The lowest BCUT2D eigenvalue weighted by Gasteiger charge is -2.22. The second kappa shape index (κ2) is 6.80. The van der Waals surface area contributed by atoms with Crippen LogP contribution in [0.2, 0.25) is 0 Å². The minimum absolute atomic E-state index is 0.0338. The van der Waals surface area contributed by atoms with E-state index >= 15 is 0 Å². The number of aliphatic carboxylic acids is 1. The van der Waals surface area contributed by atoms with E-state index < -0.39 is 5.97 Å². The quantitative estimate of drug-likeness (QED) is 0.798. The maximum absolute atomic E-state index is 11.2. The third-order valence-corrected chi connectivity index (χ3v) is 3.91. The lowest BCUT2D eigenvalue weighted by atomic mass is 9.86. The van der Waals surface area contributed by atoms with Crippen LogP contribution in [0, 0.1) is 5.92 Å².